The predicted octanol–water partition coefficient (Wildman–Crippen LogP) is 4.91. The van der Waals surface area contributed by atoms with Crippen LogP contribution in [0.5, 0.6) is 0 Å². The van der Waals surface area contributed by atoms with Crippen molar-refractivity contribution in [2.45, 2.75) is 103 Å². The van der Waals surface area contributed by atoms with E-state index >= 15 is 0 Å². The van der Waals surface area contributed by atoms with Crippen LogP contribution >= 0.6 is 0 Å². The Morgan fingerprint density at radius 2 is 1.00 bits per heavy atom. The Balaban J connectivity index is 3.14. The molecule has 0 radical (unpaired) electrons. The maximum Gasteiger partial charge on any atom is 0.217 e. The van der Waals surface area contributed by atoms with E-state index in [1.165, 1.54) is 51.4 Å². The monoisotopic (exact) mass is 297 g/mol. The van der Waals surface area contributed by atoms with Crippen molar-refractivity contribution in [1.29, 1.82) is 0 Å². The fourth-order valence-electron chi connectivity index (χ4n) is 2.56. The van der Waals surface area contributed by atoms with Gasteiger partial charge in [-0.2, -0.15) is 0 Å². The number of primary amides is 1. The van der Waals surface area contributed by atoms with E-state index < -0.39 is 0 Å². The minimum absolute atomic E-state index is 0.186. The molecule has 0 atom stereocenters. The second-order valence-electron chi connectivity index (χ2n) is 6.14. The maximum atomic E-state index is 11.6. The molecule has 0 aliphatic heterocycles. The molecule has 124 valence electrons. The second-order valence-corrected chi connectivity index (χ2v) is 6.14. The van der Waals surface area contributed by atoms with Gasteiger partial charge in [0.15, 0.2) is 0 Å². The average Bonchev–Trinajstić information content (AvgIpc) is 2.45. The van der Waals surface area contributed by atoms with Crippen molar-refractivity contribution < 1.29 is 9.59 Å². The molecule has 0 aromatic rings. The highest BCUT2D eigenvalue weighted by Crippen LogP contribution is 2.12. The Bertz CT molecular complexity index is 264. The molecule has 0 fully saturated rings. The van der Waals surface area contributed by atoms with Crippen LogP contribution in [0, 0.1) is 0 Å². The number of Topliss-reactive ketones (excluding diaryl/α,β-unsaturated/α-hetero) is 1. The van der Waals surface area contributed by atoms with Crippen molar-refractivity contribution in [3.8, 4) is 0 Å². The Morgan fingerprint density at radius 3 is 1.43 bits per heavy atom. The van der Waals surface area contributed by atoms with Gasteiger partial charge in [0.05, 0.1) is 0 Å². The highest BCUT2D eigenvalue weighted by molar-refractivity contribution is 5.78. The number of hydrogen-bond donors (Lipinski definition) is 1. The Labute approximate surface area is 131 Å². The van der Waals surface area contributed by atoms with Crippen molar-refractivity contribution in [3.05, 3.63) is 0 Å². The van der Waals surface area contributed by atoms with Gasteiger partial charge in [0.2, 0.25) is 5.91 Å². The molecule has 3 nitrogen and oxygen atoms in total. The number of carbonyl (C=O) groups excluding carboxylic acids is 2. The number of carbonyl (C=O) groups is 2. The van der Waals surface area contributed by atoms with Crippen LogP contribution in [0.1, 0.15) is 103 Å². The third-order valence-corrected chi connectivity index (χ3v) is 3.94. The largest absolute Gasteiger partial charge is 0.370 e. The van der Waals surface area contributed by atoms with Crippen LogP contribution < -0.4 is 5.73 Å². The van der Waals surface area contributed by atoms with E-state index in [-0.39, 0.29) is 5.91 Å². The summed E-state index contributed by atoms with van der Waals surface area (Å²) in [6.07, 6.45) is 16.1. The van der Waals surface area contributed by atoms with Crippen molar-refractivity contribution in [1.82, 2.24) is 0 Å². The summed E-state index contributed by atoms with van der Waals surface area (Å²) in [7, 11) is 0. The van der Waals surface area contributed by atoms with Gasteiger partial charge in [-0.05, 0) is 19.3 Å². The summed E-state index contributed by atoms with van der Waals surface area (Å²) >= 11 is 0. The standard InChI is InChI=1S/C18H35NO2/c1-2-3-4-11-14-17(20)15-12-9-7-5-6-8-10-13-16-18(19)21/h2-16H2,1H3,(H2,19,21). The number of amides is 1. The van der Waals surface area contributed by atoms with E-state index in [9.17, 15) is 9.59 Å². The zero-order valence-corrected chi connectivity index (χ0v) is 14.0. The fourth-order valence-corrected chi connectivity index (χ4v) is 2.56. The molecule has 0 aliphatic carbocycles. The molecule has 0 aromatic carbocycles. The van der Waals surface area contributed by atoms with E-state index in [0.29, 0.717) is 12.2 Å². The van der Waals surface area contributed by atoms with Gasteiger partial charge in [0, 0.05) is 19.3 Å². The van der Waals surface area contributed by atoms with Gasteiger partial charge >= 0.3 is 0 Å². The van der Waals surface area contributed by atoms with Gasteiger partial charge in [0.25, 0.3) is 0 Å². The van der Waals surface area contributed by atoms with Crippen molar-refractivity contribution in [2.75, 3.05) is 0 Å². The fraction of sp³-hybridized carbons (Fsp3) is 0.889. The van der Waals surface area contributed by atoms with Crippen LogP contribution in [-0.2, 0) is 9.59 Å². The highest BCUT2D eigenvalue weighted by Gasteiger charge is 2.01. The van der Waals surface area contributed by atoms with Crippen molar-refractivity contribution in [3.63, 3.8) is 0 Å². The summed E-state index contributed by atoms with van der Waals surface area (Å²) in [5, 5.41) is 0. The molecule has 0 saturated heterocycles. The van der Waals surface area contributed by atoms with Crippen LogP contribution in [-0.4, -0.2) is 11.7 Å². The molecule has 0 aromatic heterocycles. The Morgan fingerprint density at radius 1 is 0.619 bits per heavy atom. The molecular formula is C18H35NO2. The van der Waals surface area contributed by atoms with Gasteiger partial charge in [0.1, 0.15) is 5.78 Å². The molecule has 0 heterocycles. The lowest BCUT2D eigenvalue weighted by molar-refractivity contribution is -0.119. The Kier molecular flexibility index (Phi) is 14.9. The number of hydrogen-bond acceptors (Lipinski definition) is 2. The average molecular weight is 297 g/mol. The normalized spacial score (nSPS) is 10.7. The minimum atomic E-state index is -0.186. The SMILES string of the molecule is CCCCCCC(=O)CCCCCCCCCCC(N)=O. The molecule has 0 unspecified atom stereocenters. The quantitative estimate of drug-likeness (QED) is 0.411. The molecular weight excluding hydrogens is 262 g/mol. The lowest BCUT2D eigenvalue weighted by Gasteiger charge is -2.03. The summed E-state index contributed by atoms with van der Waals surface area (Å²) < 4.78 is 0. The molecule has 0 aliphatic rings. The minimum Gasteiger partial charge on any atom is -0.370 e. The predicted molar refractivity (Wildman–Crippen MR) is 89.1 cm³/mol. The molecule has 0 rings (SSSR count). The van der Waals surface area contributed by atoms with Gasteiger partial charge in [-0.1, -0.05) is 64.7 Å². The second kappa shape index (κ2) is 15.5. The summed E-state index contributed by atoms with van der Waals surface area (Å²) in [5.74, 6) is 0.270. The molecule has 3 heteroatoms. The molecule has 1 amide bonds. The van der Waals surface area contributed by atoms with Crippen LogP contribution in [0.25, 0.3) is 0 Å². The number of rotatable bonds is 16. The first-order chi connectivity index (χ1) is 10.2. The van der Waals surface area contributed by atoms with E-state index in [2.05, 4.69) is 6.92 Å². The summed E-state index contributed by atoms with van der Waals surface area (Å²) in [6.45, 7) is 2.19. The van der Waals surface area contributed by atoms with Crippen LogP contribution in [0.4, 0.5) is 0 Å². The van der Waals surface area contributed by atoms with Gasteiger partial charge in [-0.15, -0.1) is 0 Å². The first-order valence-electron chi connectivity index (χ1n) is 8.96. The number of unbranched alkanes of at least 4 members (excludes halogenated alkanes) is 10. The first-order valence-corrected chi connectivity index (χ1v) is 8.96. The van der Waals surface area contributed by atoms with Crippen molar-refractivity contribution >= 4 is 11.7 Å². The van der Waals surface area contributed by atoms with Crippen LogP contribution in [0.3, 0.4) is 0 Å². The van der Waals surface area contributed by atoms with Crippen LogP contribution in [0.15, 0.2) is 0 Å². The molecule has 21 heavy (non-hydrogen) atoms. The lowest BCUT2D eigenvalue weighted by Crippen LogP contribution is -2.09. The molecule has 0 saturated carbocycles. The zero-order valence-electron chi connectivity index (χ0n) is 14.0. The molecule has 0 spiro atoms. The molecule has 2 N–H and O–H groups in total. The van der Waals surface area contributed by atoms with E-state index in [1.54, 1.807) is 0 Å². The lowest BCUT2D eigenvalue weighted by atomic mass is 10.0. The summed E-state index contributed by atoms with van der Waals surface area (Å²) in [6, 6.07) is 0. The van der Waals surface area contributed by atoms with E-state index in [0.717, 1.165) is 38.5 Å². The van der Waals surface area contributed by atoms with Gasteiger partial charge in [-0.25, -0.2) is 0 Å². The first kappa shape index (κ1) is 20.1. The topological polar surface area (TPSA) is 60.2 Å². The number of nitrogens with two attached hydrogens (primary N) is 1. The summed E-state index contributed by atoms with van der Waals surface area (Å²) in [5.41, 5.74) is 5.09. The van der Waals surface area contributed by atoms with Gasteiger partial charge < -0.3 is 5.73 Å². The zero-order chi connectivity index (χ0) is 15.8. The van der Waals surface area contributed by atoms with Crippen molar-refractivity contribution in [2.24, 2.45) is 5.73 Å². The molecule has 0 bridgehead atoms. The summed E-state index contributed by atoms with van der Waals surface area (Å²) in [4.78, 5) is 22.2. The smallest absolute Gasteiger partial charge is 0.217 e. The third-order valence-electron chi connectivity index (χ3n) is 3.94. The maximum absolute atomic E-state index is 11.6. The van der Waals surface area contributed by atoms with Gasteiger partial charge in [-0.3, -0.25) is 9.59 Å². The van der Waals surface area contributed by atoms with E-state index in [4.69, 9.17) is 5.73 Å². The number of ketones is 1. The Hall–Kier alpha value is -0.860. The van der Waals surface area contributed by atoms with E-state index in [1.807, 2.05) is 0 Å². The van der Waals surface area contributed by atoms with Crippen LogP contribution in [0.2, 0.25) is 0 Å². The highest BCUT2D eigenvalue weighted by atomic mass is 16.1. The third kappa shape index (κ3) is 17.1.